The number of hydrogen-bond acceptors (Lipinski definition) is 5. The molecule has 1 N–H and O–H groups in total. The van der Waals surface area contributed by atoms with Gasteiger partial charge in [-0.3, -0.25) is 0 Å². The monoisotopic (exact) mass is 279 g/mol. The molecular weight excluding hydrogens is 262 g/mol. The maximum atomic E-state index is 5.96. The Hall–Kier alpha value is -1.54. The lowest BCUT2D eigenvalue weighted by Gasteiger charge is -2.26. The summed E-state index contributed by atoms with van der Waals surface area (Å²) in [6.45, 7) is 3.93. The number of halogens is 1. The Bertz CT molecular complexity index is 465. The van der Waals surface area contributed by atoms with E-state index in [9.17, 15) is 0 Å². The van der Waals surface area contributed by atoms with Crippen LogP contribution in [-0.4, -0.2) is 34.1 Å². The third-order valence-corrected chi connectivity index (χ3v) is 3.20. The second kappa shape index (κ2) is 6.58. The topological polar surface area (TPSA) is 53.9 Å². The number of aromatic nitrogens is 3. The third kappa shape index (κ3) is 3.97. The lowest BCUT2D eigenvalue weighted by Crippen LogP contribution is -2.31. The lowest BCUT2D eigenvalue weighted by molar-refractivity contribution is 0.567. The van der Waals surface area contributed by atoms with Crippen molar-refractivity contribution < 1.29 is 0 Å². The van der Waals surface area contributed by atoms with Crippen molar-refractivity contribution in [2.45, 2.75) is 38.6 Å². The van der Waals surface area contributed by atoms with Gasteiger partial charge in [0, 0.05) is 25.6 Å². The summed E-state index contributed by atoms with van der Waals surface area (Å²) in [6.07, 6.45) is 9.49. The normalized spacial score (nSPS) is 16.8. The van der Waals surface area contributed by atoms with E-state index in [1.807, 2.05) is 6.92 Å². The summed E-state index contributed by atoms with van der Waals surface area (Å²) >= 11 is 5.96. The van der Waals surface area contributed by atoms with Gasteiger partial charge < -0.3 is 10.2 Å². The van der Waals surface area contributed by atoms with Crippen molar-refractivity contribution in [3.63, 3.8) is 0 Å². The van der Waals surface area contributed by atoms with E-state index in [1.54, 1.807) is 0 Å². The fourth-order valence-corrected chi connectivity index (χ4v) is 2.24. The van der Waals surface area contributed by atoms with Crippen molar-refractivity contribution in [1.29, 1.82) is 0 Å². The predicted molar refractivity (Wildman–Crippen MR) is 77.4 cm³/mol. The molecule has 2 heterocycles. The maximum absolute atomic E-state index is 5.96. The molecule has 0 saturated carbocycles. The molecule has 1 atom stereocenters. The first-order chi connectivity index (χ1) is 9.19. The number of terminal acetylenes is 1. The zero-order valence-corrected chi connectivity index (χ0v) is 11.8. The minimum Gasteiger partial charge on any atom is -0.351 e. The van der Waals surface area contributed by atoms with Crippen molar-refractivity contribution in [2.24, 2.45) is 0 Å². The summed E-state index contributed by atoms with van der Waals surface area (Å²) in [5.74, 6) is 3.74. The Morgan fingerprint density at radius 3 is 2.74 bits per heavy atom. The van der Waals surface area contributed by atoms with Gasteiger partial charge in [0.1, 0.15) is 0 Å². The van der Waals surface area contributed by atoms with Crippen molar-refractivity contribution in [3.8, 4) is 12.3 Å². The Labute approximate surface area is 118 Å². The average Bonchev–Trinajstić information content (AvgIpc) is 2.39. The molecule has 102 valence electrons. The fraction of sp³-hybridized carbons (Fsp3) is 0.615. The molecule has 1 aliphatic heterocycles. The van der Waals surface area contributed by atoms with Crippen molar-refractivity contribution in [1.82, 2.24) is 15.0 Å². The van der Waals surface area contributed by atoms with Gasteiger partial charge in [-0.1, -0.05) is 0 Å². The minimum atomic E-state index is 0.109. The van der Waals surface area contributed by atoms with E-state index in [0.29, 0.717) is 18.3 Å². The Kier molecular flexibility index (Phi) is 4.80. The molecule has 5 nitrogen and oxygen atoms in total. The zero-order chi connectivity index (χ0) is 13.7. The fourth-order valence-electron chi connectivity index (χ4n) is 2.09. The van der Waals surface area contributed by atoms with Crippen molar-refractivity contribution >= 4 is 23.5 Å². The van der Waals surface area contributed by atoms with Gasteiger partial charge in [-0.05, 0) is 37.8 Å². The molecule has 1 aliphatic rings. The number of piperidine rings is 1. The van der Waals surface area contributed by atoms with Crippen LogP contribution in [0.3, 0.4) is 0 Å². The van der Waals surface area contributed by atoms with Crippen LogP contribution in [0.5, 0.6) is 0 Å². The Balaban J connectivity index is 2.12. The molecule has 19 heavy (non-hydrogen) atoms. The van der Waals surface area contributed by atoms with Gasteiger partial charge in [-0.2, -0.15) is 15.0 Å². The highest BCUT2D eigenvalue weighted by molar-refractivity contribution is 6.28. The van der Waals surface area contributed by atoms with Crippen LogP contribution >= 0.6 is 11.6 Å². The summed E-state index contributed by atoms with van der Waals surface area (Å²) in [6, 6.07) is 0.109. The zero-order valence-electron chi connectivity index (χ0n) is 11.1. The minimum absolute atomic E-state index is 0.109. The van der Waals surface area contributed by atoms with Crippen LogP contribution in [-0.2, 0) is 0 Å². The van der Waals surface area contributed by atoms with E-state index in [4.69, 9.17) is 18.0 Å². The van der Waals surface area contributed by atoms with Gasteiger partial charge >= 0.3 is 0 Å². The summed E-state index contributed by atoms with van der Waals surface area (Å²) in [7, 11) is 0. The van der Waals surface area contributed by atoms with Crippen LogP contribution in [0.15, 0.2) is 0 Å². The lowest BCUT2D eigenvalue weighted by atomic mass is 10.1. The maximum Gasteiger partial charge on any atom is 0.231 e. The summed E-state index contributed by atoms with van der Waals surface area (Å²) in [5.41, 5.74) is 0. The van der Waals surface area contributed by atoms with Gasteiger partial charge in [0.05, 0.1) is 0 Å². The number of hydrogen-bond donors (Lipinski definition) is 1. The van der Waals surface area contributed by atoms with Crippen LogP contribution in [0.4, 0.5) is 11.9 Å². The molecule has 0 radical (unpaired) electrons. The number of rotatable bonds is 4. The van der Waals surface area contributed by atoms with Gasteiger partial charge in [0.2, 0.25) is 17.2 Å². The quantitative estimate of drug-likeness (QED) is 0.858. The van der Waals surface area contributed by atoms with Gasteiger partial charge in [0.25, 0.3) is 0 Å². The summed E-state index contributed by atoms with van der Waals surface area (Å²) < 4.78 is 0. The van der Waals surface area contributed by atoms with Crippen LogP contribution in [0.2, 0.25) is 5.28 Å². The molecule has 6 heteroatoms. The molecule has 0 spiro atoms. The highest BCUT2D eigenvalue weighted by atomic mass is 35.5. The second-order valence-electron chi connectivity index (χ2n) is 4.73. The average molecular weight is 280 g/mol. The van der Waals surface area contributed by atoms with E-state index < -0.39 is 0 Å². The van der Waals surface area contributed by atoms with Crippen LogP contribution in [0, 0.1) is 12.3 Å². The molecule has 0 aliphatic carbocycles. The van der Waals surface area contributed by atoms with Gasteiger partial charge in [-0.25, -0.2) is 0 Å². The molecule has 1 unspecified atom stereocenters. The van der Waals surface area contributed by atoms with E-state index in [1.165, 1.54) is 19.3 Å². The highest BCUT2D eigenvalue weighted by Gasteiger charge is 2.16. The van der Waals surface area contributed by atoms with Gasteiger partial charge in [-0.15, -0.1) is 12.3 Å². The van der Waals surface area contributed by atoms with E-state index in [-0.39, 0.29) is 11.3 Å². The molecule has 0 bridgehead atoms. The van der Waals surface area contributed by atoms with Crippen LogP contribution < -0.4 is 10.2 Å². The van der Waals surface area contributed by atoms with E-state index in [2.05, 4.69) is 31.1 Å². The molecule has 1 aromatic heterocycles. The molecule has 0 aromatic carbocycles. The first kappa shape index (κ1) is 13.9. The largest absolute Gasteiger partial charge is 0.351 e. The molecule has 2 rings (SSSR count). The smallest absolute Gasteiger partial charge is 0.231 e. The molecule has 1 fully saturated rings. The number of nitrogens with zero attached hydrogens (tertiary/aromatic N) is 4. The van der Waals surface area contributed by atoms with Crippen LogP contribution in [0.1, 0.15) is 32.6 Å². The van der Waals surface area contributed by atoms with E-state index >= 15 is 0 Å². The predicted octanol–water partition coefficient (Wildman–Crippen LogP) is 2.34. The number of anilines is 2. The standard InChI is InChI=1S/C13H18ClN5/c1-3-7-10(2)15-12-16-11(14)17-13(18-12)19-8-5-4-6-9-19/h1,10H,4-9H2,2H3,(H,15,16,17,18). The third-order valence-electron chi connectivity index (χ3n) is 3.03. The summed E-state index contributed by atoms with van der Waals surface area (Å²) in [5, 5.41) is 3.36. The first-order valence-electron chi connectivity index (χ1n) is 6.55. The van der Waals surface area contributed by atoms with Crippen molar-refractivity contribution in [2.75, 3.05) is 23.3 Å². The Morgan fingerprint density at radius 2 is 2.05 bits per heavy atom. The SMILES string of the molecule is C#CCC(C)Nc1nc(Cl)nc(N2CCCCC2)n1. The van der Waals surface area contributed by atoms with E-state index in [0.717, 1.165) is 13.1 Å². The Morgan fingerprint density at radius 1 is 1.32 bits per heavy atom. The molecule has 1 aromatic rings. The van der Waals surface area contributed by atoms with Crippen LogP contribution in [0.25, 0.3) is 0 Å². The highest BCUT2D eigenvalue weighted by Crippen LogP contribution is 2.18. The molecule has 0 amide bonds. The number of nitrogens with one attached hydrogen (secondary N) is 1. The first-order valence-corrected chi connectivity index (χ1v) is 6.93. The molecule has 1 saturated heterocycles. The summed E-state index contributed by atoms with van der Waals surface area (Å²) in [4.78, 5) is 14.9. The second-order valence-corrected chi connectivity index (χ2v) is 5.07. The van der Waals surface area contributed by atoms with Crippen molar-refractivity contribution in [3.05, 3.63) is 5.28 Å². The molecular formula is C13H18ClN5. The van der Waals surface area contributed by atoms with Gasteiger partial charge in [0.15, 0.2) is 0 Å².